The molecule has 20 heavy (non-hydrogen) atoms. The van der Waals surface area contributed by atoms with Crippen molar-refractivity contribution in [2.45, 2.75) is 11.8 Å². The highest BCUT2D eigenvalue weighted by Crippen LogP contribution is 2.27. The molecule has 0 bridgehead atoms. The molecule has 112 valence electrons. The maximum Gasteiger partial charge on any atom is 0.241 e. The molecule has 0 radical (unpaired) electrons. The number of methoxy groups -OCH3 is 1. The van der Waals surface area contributed by atoms with Gasteiger partial charge in [-0.1, -0.05) is 0 Å². The van der Waals surface area contributed by atoms with E-state index in [0.717, 1.165) is 0 Å². The van der Waals surface area contributed by atoms with Crippen LogP contribution >= 0.6 is 15.9 Å². The van der Waals surface area contributed by atoms with Crippen molar-refractivity contribution in [2.75, 3.05) is 27.2 Å². The van der Waals surface area contributed by atoms with Gasteiger partial charge in [0.1, 0.15) is 5.75 Å². The molecule has 1 rings (SSSR count). The molecule has 1 amide bonds. The largest absolute Gasteiger partial charge is 0.496 e. The van der Waals surface area contributed by atoms with Crippen molar-refractivity contribution < 1.29 is 17.9 Å². The Bertz CT molecular complexity index is 589. The second-order valence-corrected chi connectivity index (χ2v) is 6.65. The van der Waals surface area contributed by atoms with Crippen LogP contribution in [0.4, 0.5) is 0 Å². The Balaban J connectivity index is 2.84. The Kier molecular flexibility index (Phi) is 5.97. The van der Waals surface area contributed by atoms with Crippen molar-refractivity contribution >= 4 is 31.9 Å². The number of benzene rings is 1. The molecule has 0 fully saturated rings. The first-order chi connectivity index (χ1) is 9.31. The number of likely N-dealkylation sites (N-methyl/N-ethyl adjacent to an activating group) is 1. The van der Waals surface area contributed by atoms with Gasteiger partial charge in [-0.2, -0.15) is 0 Å². The summed E-state index contributed by atoms with van der Waals surface area (Å²) in [6, 6.07) is 4.38. The van der Waals surface area contributed by atoms with Gasteiger partial charge in [-0.05, 0) is 41.1 Å². The SMILES string of the molecule is CCN(C)C(=O)CNS(=O)(=O)c1ccc(OC)c(Br)c1. The second-order valence-electron chi connectivity index (χ2n) is 4.03. The van der Waals surface area contributed by atoms with Crippen LogP contribution in [0.5, 0.6) is 5.75 Å². The van der Waals surface area contributed by atoms with Gasteiger partial charge in [0.2, 0.25) is 15.9 Å². The normalized spacial score (nSPS) is 11.2. The van der Waals surface area contributed by atoms with Crippen LogP contribution in [0, 0.1) is 0 Å². The summed E-state index contributed by atoms with van der Waals surface area (Å²) in [4.78, 5) is 13.1. The number of sulfonamides is 1. The summed E-state index contributed by atoms with van der Waals surface area (Å²) in [5, 5.41) is 0. The third kappa shape index (κ3) is 4.19. The van der Waals surface area contributed by atoms with Crippen LogP contribution in [0.2, 0.25) is 0 Å². The lowest BCUT2D eigenvalue weighted by Crippen LogP contribution is -2.37. The topological polar surface area (TPSA) is 75.7 Å². The highest BCUT2D eigenvalue weighted by atomic mass is 79.9. The zero-order valence-electron chi connectivity index (χ0n) is 11.5. The van der Waals surface area contributed by atoms with E-state index in [1.165, 1.54) is 24.1 Å². The maximum atomic E-state index is 12.1. The van der Waals surface area contributed by atoms with Gasteiger partial charge in [0.05, 0.1) is 23.0 Å². The first-order valence-electron chi connectivity index (χ1n) is 5.89. The van der Waals surface area contributed by atoms with Crippen molar-refractivity contribution in [3.8, 4) is 5.75 Å². The van der Waals surface area contributed by atoms with Crippen molar-refractivity contribution in [1.29, 1.82) is 0 Å². The van der Waals surface area contributed by atoms with Crippen LogP contribution in [-0.4, -0.2) is 46.5 Å². The van der Waals surface area contributed by atoms with Gasteiger partial charge >= 0.3 is 0 Å². The van der Waals surface area contributed by atoms with Gasteiger partial charge in [0.25, 0.3) is 0 Å². The zero-order valence-corrected chi connectivity index (χ0v) is 13.9. The summed E-state index contributed by atoms with van der Waals surface area (Å²) >= 11 is 3.22. The van der Waals surface area contributed by atoms with E-state index in [2.05, 4.69) is 20.7 Å². The van der Waals surface area contributed by atoms with Gasteiger partial charge in [-0.3, -0.25) is 4.79 Å². The van der Waals surface area contributed by atoms with Crippen LogP contribution in [0.15, 0.2) is 27.6 Å². The smallest absolute Gasteiger partial charge is 0.241 e. The molecule has 0 aromatic heterocycles. The fraction of sp³-hybridized carbons (Fsp3) is 0.417. The van der Waals surface area contributed by atoms with Crippen LogP contribution in [-0.2, 0) is 14.8 Å². The number of carbonyl (C=O) groups is 1. The van der Waals surface area contributed by atoms with Gasteiger partial charge in [-0.15, -0.1) is 0 Å². The molecule has 1 aromatic rings. The summed E-state index contributed by atoms with van der Waals surface area (Å²) in [6.07, 6.45) is 0. The molecule has 6 nitrogen and oxygen atoms in total. The molecule has 0 unspecified atom stereocenters. The molecule has 0 aliphatic heterocycles. The van der Waals surface area contributed by atoms with E-state index in [4.69, 9.17) is 4.74 Å². The number of carbonyl (C=O) groups excluding carboxylic acids is 1. The second kappa shape index (κ2) is 7.05. The minimum atomic E-state index is -3.73. The Morgan fingerprint density at radius 1 is 1.45 bits per heavy atom. The molecule has 1 N–H and O–H groups in total. The molecular weight excluding hydrogens is 348 g/mol. The van der Waals surface area contributed by atoms with Crippen molar-refractivity contribution in [2.24, 2.45) is 0 Å². The number of hydrogen-bond donors (Lipinski definition) is 1. The summed E-state index contributed by atoms with van der Waals surface area (Å²) in [6.45, 7) is 2.07. The number of ether oxygens (including phenoxy) is 1. The Morgan fingerprint density at radius 3 is 2.60 bits per heavy atom. The molecule has 8 heteroatoms. The van der Waals surface area contributed by atoms with E-state index in [-0.39, 0.29) is 17.3 Å². The molecule has 0 heterocycles. The average molecular weight is 365 g/mol. The van der Waals surface area contributed by atoms with E-state index in [0.29, 0.717) is 16.8 Å². The molecule has 0 aliphatic rings. The highest BCUT2D eigenvalue weighted by Gasteiger charge is 2.18. The first kappa shape index (κ1) is 16.9. The fourth-order valence-electron chi connectivity index (χ4n) is 1.37. The molecule has 0 aliphatic carbocycles. The number of rotatable bonds is 6. The molecule has 0 spiro atoms. The number of nitrogens with one attached hydrogen (secondary N) is 1. The van der Waals surface area contributed by atoms with Crippen molar-refractivity contribution in [1.82, 2.24) is 9.62 Å². The monoisotopic (exact) mass is 364 g/mol. The minimum absolute atomic E-state index is 0.0668. The first-order valence-corrected chi connectivity index (χ1v) is 8.16. The van der Waals surface area contributed by atoms with E-state index in [1.54, 1.807) is 13.1 Å². The van der Waals surface area contributed by atoms with Gasteiger partial charge in [0.15, 0.2) is 0 Å². The lowest BCUT2D eigenvalue weighted by atomic mass is 10.3. The van der Waals surface area contributed by atoms with E-state index in [9.17, 15) is 13.2 Å². The Labute approximate surface area is 127 Å². The number of amides is 1. The minimum Gasteiger partial charge on any atom is -0.496 e. The summed E-state index contributed by atoms with van der Waals surface area (Å²) < 4.78 is 31.9. The third-order valence-electron chi connectivity index (χ3n) is 2.75. The molecule has 0 saturated carbocycles. The standard InChI is InChI=1S/C12H17BrN2O4S/c1-4-15(2)12(16)8-14-20(17,18)9-5-6-11(19-3)10(13)7-9/h5-7,14H,4,8H2,1-3H3. The average Bonchev–Trinajstić information content (AvgIpc) is 2.43. The molecule has 0 saturated heterocycles. The molecular formula is C12H17BrN2O4S. The van der Waals surface area contributed by atoms with E-state index in [1.807, 2.05) is 6.92 Å². The number of halogens is 1. The molecule has 1 aromatic carbocycles. The lowest BCUT2D eigenvalue weighted by Gasteiger charge is -2.15. The van der Waals surface area contributed by atoms with Crippen LogP contribution in [0.3, 0.4) is 0 Å². The summed E-state index contributed by atoms with van der Waals surface area (Å²) in [5.41, 5.74) is 0. The predicted octanol–water partition coefficient (Wildman–Crippen LogP) is 1.21. The van der Waals surface area contributed by atoms with Crippen molar-refractivity contribution in [3.05, 3.63) is 22.7 Å². The van der Waals surface area contributed by atoms with Crippen LogP contribution < -0.4 is 9.46 Å². The fourth-order valence-corrected chi connectivity index (χ4v) is 3.06. The predicted molar refractivity (Wildman–Crippen MR) is 79.2 cm³/mol. The quantitative estimate of drug-likeness (QED) is 0.823. The number of nitrogens with zero attached hydrogens (tertiary/aromatic N) is 1. The van der Waals surface area contributed by atoms with Gasteiger partial charge < -0.3 is 9.64 Å². The summed E-state index contributed by atoms with van der Waals surface area (Å²) in [5.74, 6) is 0.245. The number of hydrogen-bond acceptors (Lipinski definition) is 4. The van der Waals surface area contributed by atoms with E-state index >= 15 is 0 Å². The third-order valence-corrected chi connectivity index (χ3v) is 4.77. The molecule has 0 atom stereocenters. The highest BCUT2D eigenvalue weighted by molar-refractivity contribution is 9.10. The zero-order chi connectivity index (χ0) is 15.3. The Morgan fingerprint density at radius 2 is 2.10 bits per heavy atom. The van der Waals surface area contributed by atoms with Gasteiger partial charge in [-0.25, -0.2) is 13.1 Å². The van der Waals surface area contributed by atoms with Crippen molar-refractivity contribution in [3.63, 3.8) is 0 Å². The van der Waals surface area contributed by atoms with E-state index < -0.39 is 10.0 Å². The maximum absolute atomic E-state index is 12.1. The van der Waals surface area contributed by atoms with Gasteiger partial charge in [0, 0.05) is 13.6 Å². The lowest BCUT2D eigenvalue weighted by molar-refractivity contribution is -0.128. The van der Waals surface area contributed by atoms with Crippen LogP contribution in [0.25, 0.3) is 0 Å². The van der Waals surface area contributed by atoms with Crippen LogP contribution in [0.1, 0.15) is 6.92 Å². The Hall–Kier alpha value is -1.12. The summed E-state index contributed by atoms with van der Waals surface area (Å²) in [7, 11) is -0.624.